The van der Waals surface area contributed by atoms with E-state index in [2.05, 4.69) is 25.5 Å². The number of hydrogen-bond donors (Lipinski definition) is 1. The maximum Gasteiger partial charge on any atom is 0.434 e. The van der Waals surface area contributed by atoms with Crippen molar-refractivity contribution in [1.82, 2.24) is 44.3 Å². The lowest BCUT2D eigenvalue weighted by atomic mass is 9.90. The number of rotatable bonds is 9. The molecule has 12 nitrogen and oxygen atoms in total. The van der Waals surface area contributed by atoms with Crippen molar-refractivity contribution in [3.8, 4) is 17.3 Å². The molecule has 1 atom stereocenters. The SMILES string of the molecule is Cc1ccc(C(C)n2cc(C(F)(F)F)nc2CC(C)(C)NC(=O)CN2CCc3c(-c4nc5c(F)nn(C)c5cc4C#N)ccc(F)c3C2=O)cc1.Cc1cnn(C(F)F)c1. The Bertz CT molecular complexity index is 2620. The van der Waals surface area contributed by atoms with Crippen LogP contribution in [0.3, 0.4) is 0 Å². The number of nitriles is 1. The fourth-order valence-corrected chi connectivity index (χ4v) is 7.02. The Kier molecular flexibility index (Phi) is 11.9. The lowest BCUT2D eigenvalue weighted by Gasteiger charge is -2.32. The summed E-state index contributed by atoms with van der Waals surface area (Å²) in [7, 11) is 1.50. The maximum absolute atomic E-state index is 15.3. The largest absolute Gasteiger partial charge is 0.434 e. The molecule has 5 heterocycles. The molecule has 1 N–H and O–H groups in total. The van der Waals surface area contributed by atoms with Gasteiger partial charge < -0.3 is 14.8 Å². The number of carbonyl (C=O) groups is 2. The molecule has 60 heavy (non-hydrogen) atoms. The number of aryl methyl sites for hydroxylation is 3. The van der Waals surface area contributed by atoms with Crippen molar-refractivity contribution in [2.24, 2.45) is 7.05 Å². The summed E-state index contributed by atoms with van der Waals surface area (Å²) in [5, 5.41) is 19.7. The molecule has 0 aliphatic carbocycles. The lowest BCUT2D eigenvalue weighted by molar-refractivity contribution is -0.141. The molecule has 1 aliphatic rings. The van der Waals surface area contributed by atoms with Gasteiger partial charge in [-0.15, -0.1) is 5.10 Å². The van der Waals surface area contributed by atoms with Gasteiger partial charge >= 0.3 is 12.7 Å². The molecule has 0 fully saturated rings. The topological polar surface area (TPSA) is 140 Å². The number of halogens is 7. The molecule has 4 aromatic heterocycles. The zero-order valence-corrected chi connectivity index (χ0v) is 33.2. The van der Waals surface area contributed by atoms with Gasteiger partial charge in [-0.25, -0.2) is 19.0 Å². The van der Waals surface area contributed by atoms with Crippen molar-refractivity contribution < 1.29 is 40.3 Å². The second-order valence-electron chi connectivity index (χ2n) is 15.1. The van der Waals surface area contributed by atoms with E-state index in [1.165, 1.54) is 45.7 Å². The molecular weight excluding hydrogens is 798 g/mol. The van der Waals surface area contributed by atoms with Gasteiger partial charge in [0.15, 0.2) is 5.69 Å². The predicted octanol–water partition coefficient (Wildman–Crippen LogP) is 7.64. The fraction of sp³-hybridized carbons (Fsp3) is 0.341. The molecule has 0 saturated heterocycles. The van der Waals surface area contributed by atoms with Crippen molar-refractivity contribution in [3.05, 3.63) is 118 Å². The smallest absolute Gasteiger partial charge is 0.349 e. The Morgan fingerprint density at radius 3 is 2.32 bits per heavy atom. The fourth-order valence-electron chi connectivity index (χ4n) is 7.02. The Hall–Kier alpha value is -6.58. The molecule has 2 amide bonds. The maximum atomic E-state index is 15.3. The Labute approximate surface area is 339 Å². The number of hydrogen-bond acceptors (Lipinski definition) is 7. The minimum atomic E-state index is -4.69. The van der Waals surface area contributed by atoms with Crippen LogP contribution in [0.4, 0.5) is 30.7 Å². The number of nitrogens with one attached hydrogen (secondary N) is 1. The number of aromatic nitrogens is 7. The van der Waals surface area contributed by atoms with Crippen molar-refractivity contribution in [1.29, 1.82) is 5.26 Å². The average Bonchev–Trinajstić information content (AvgIpc) is 3.88. The molecular formula is C41H39F7N10O2. The van der Waals surface area contributed by atoms with Gasteiger partial charge in [0.25, 0.3) is 11.9 Å². The van der Waals surface area contributed by atoms with Gasteiger partial charge in [0, 0.05) is 43.5 Å². The van der Waals surface area contributed by atoms with Crippen LogP contribution in [0.2, 0.25) is 0 Å². The van der Waals surface area contributed by atoms with Crippen LogP contribution in [0.25, 0.3) is 22.3 Å². The van der Waals surface area contributed by atoms with E-state index in [0.717, 1.165) is 29.0 Å². The van der Waals surface area contributed by atoms with Gasteiger partial charge in [0.1, 0.15) is 23.2 Å². The molecule has 7 rings (SSSR count). The lowest BCUT2D eigenvalue weighted by Crippen LogP contribution is -2.51. The van der Waals surface area contributed by atoms with Crippen LogP contribution in [0.15, 0.2) is 61.1 Å². The van der Waals surface area contributed by atoms with Crippen molar-refractivity contribution in [2.45, 2.75) is 71.8 Å². The standard InChI is InChI=1S/C36H33F5N8O2.C5H6F2N2/c1-19-6-8-21(9-7-19)20(2)49-17-27(36(39,40)41)43-28(49)15-35(3,4)45-29(50)18-48-13-12-23-24(10-11-25(37)30(23)34(48)51)31-22(16-42)14-26-32(44-31)33(38)46-47(26)5;1-4-2-8-9(3-4)5(6)7/h6-11,14,17,20H,12-13,15,18H2,1-5H3,(H,45,50);2-3,5H,1H3. The second-order valence-corrected chi connectivity index (χ2v) is 15.1. The summed E-state index contributed by atoms with van der Waals surface area (Å²) in [6.45, 7) is 5.69. The van der Waals surface area contributed by atoms with Crippen molar-refractivity contribution in [3.63, 3.8) is 0 Å². The van der Waals surface area contributed by atoms with Gasteiger partial charge in [-0.3, -0.25) is 14.3 Å². The molecule has 6 aromatic rings. The number of nitrogens with zero attached hydrogens (tertiary/aromatic N) is 9. The molecule has 0 spiro atoms. The monoisotopic (exact) mass is 836 g/mol. The van der Waals surface area contributed by atoms with Crippen LogP contribution in [0, 0.1) is 36.9 Å². The molecule has 1 unspecified atom stereocenters. The van der Waals surface area contributed by atoms with E-state index in [1.807, 2.05) is 37.3 Å². The number of alkyl halides is 5. The Morgan fingerprint density at radius 2 is 1.72 bits per heavy atom. The van der Waals surface area contributed by atoms with Crippen LogP contribution in [-0.2, 0) is 30.9 Å². The minimum absolute atomic E-state index is 0.00886. The summed E-state index contributed by atoms with van der Waals surface area (Å²) in [6.07, 6.45) is -1.01. The molecule has 0 radical (unpaired) electrons. The summed E-state index contributed by atoms with van der Waals surface area (Å²) in [4.78, 5) is 36.4. The summed E-state index contributed by atoms with van der Waals surface area (Å²) < 4.78 is 97.8. The van der Waals surface area contributed by atoms with Gasteiger partial charge in [-0.05, 0) is 75.9 Å². The highest BCUT2D eigenvalue weighted by molar-refractivity contribution is 6.01. The van der Waals surface area contributed by atoms with E-state index in [-0.39, 0.29) is 64.2 Å². The number of carbonyl (C=O) groups excluding carboxylic acids is 2. The third kappa shape index (κ3) is 9.01. The molecule has 19 heteroatoms. The number of pyridine rings is 1. The number of benzene rings is 2. The van der Waals surface area contributed by atoms with E-state index in [0.29, 0.717) is 4.68 Å². The number of amides is 2. The first kappa shape index (κ1) is 43.0. The zero-order chi connectivity index (χ0) is 43.8. The van der Waals surface area contributed by atoms with Gasteiger partial charge in [0.05, 0.1) is 41.1 Å². The van der Waals surface area contributed by atoms with Crippen LogP contribution < -0.4 is 5.32 Å². The highest BCUT2D eigenvalue weighted by Crippen LogP contribution is 2.35. The number of imidazole rings is 1. The van der Waals surface area contributed by atoms with Crippen molar-refractivity contribution >= 4 is 22.8 Å². The molecule has 2 aromatic carbocycles. The van der Waals surface area contributed by atoms with Crippen LogP contribution in [0.1, 0.15) is 83.1 Å². The summed E-state index contributed by atoms with van der Waals surface area (Å²) in [5.41, 5.74) is 0.943. The Morgan fingerprint density at radius 1 is 1.02 bits per heavy atom. The minimum Gasteiger partial charge on any atom is -0.349 e. The summed E-state index contributed by atoms with van der Waals surface area (Å²) >= 11 is 0. The number of fused-ring (bicyclic) bond motifs is 2. The second kappa shape index (κ2) is 16.6. The van der Waals surface area contributed by atoms with Crippen LogP contribution in [0.5, 0.6) is 0 Å². The van der Waals surface area contributed by atoms with E-state index in [4.69, 9.17) is 0 Å². The van der Waals surface area contributed by atoms with Crippen LogP contribution in [-0.4, -0.2) is 69.4 Å². The third-order valence-electron chi connectivity index (χ3n) is 9.97. The van der Waals surface area contributed by atoms with E-state index < -0.39 is 60.1 Å². The predicted molar refractivity (Wildman–Crippen MR) is 205 cm³/mol. The van der Waals surface area contributed by atoms with Gasteiger partial charge in [-0.1, -0.05) is 29.8 Å². The molecule has 1 aliphatic heterocycles. The molecule has 0 saturated carbocycles. The third-order valence-corrected chi connectivity index (χ3v) is 9.97. The Balaban J connectivity index is 0.000000594. The van der Waals surface area contributed by atoms with Gasteiger partial charge in [0.2, 0.25) is 5.91 Å². The van der Waals surface area contributed by atoms with Crippen molar-refractivity contribution in [2.75, 3.05) is 13.1 Å². The normalized spacial score (nSPS) is 13.6. The van der Waals surface area contributed by atoms with E-state index in [1.54, 1.807) is 27.7 Å². The average molecular weight is 837 g/mol. The van der Waals surface area contributed by atoms with E-state index >= 15 is 4.39 Å². The highest BCUT2D eigenvalue weighted by Gasteiger charge is 2.37. The first-order chi connectivity index (χ1) is 28.2. The quantitative estimate of drug-likeness (QED) is 0.148. The molecule has 0 bridgehead atoms. The zero-order valence-electron chi connectivity index (χ0n) is 33.2. The molecule has 314 valence electrons. The first-order valence-electron chi connectivity index (χ1n) is 18.5. The summed E-state index contributed by atoms with van der Waals surface area (Å²) in [5.74, 6) is -2.97. The first-order valence-corrected chi connectivity index (χ1v) is 18.5. The van der Waals surface area contributed by atoms with E-state index in [9.17, 15) is 41.2 Å². The van der Waals surface area contributed by atoms with Crippen LogP contribution >= 0.6 is 0 Å². The summed E-state index contributed by atoms with van der Waals surface area (Å²) in [6, 6.07) is 12.8. The highest BCUT2D eigenvalue weighted by atomic mass is 19.4. The van der Waals surface area contributed by atoms with Gasteiger partial charge in [-0.2, -0.15) is 36.7 Å².